The summed E-state index contributed by atoms with van der Waals surface area (Å²) in [6, 6.07) is 6.35. The summed E-state index contributed by atoms with van der Waals surface area (Å²) in [6.45, 7) is 6.36. The number of aryl methyl sites for hydroxylation is 1. The predicted octanol–water partition coefficient (Wildman–Crippen LogP) is 3.71. The molecule has 0 saturated carbocycles. The zero-order valence-electron chi connectivity index (χ0n) is 19.1. The van der Waals surface area contributed by atoms with E-state index in [2.05, 4.69) is 21.8 Å². The van der Waals surface area contributed by atoms with E-state index in [0.29, 0.717) is 47.8 Å². The summed E-state index contributed by atoms with van der Waals surface area (Å²) in [6.07, 6.45) is -1.87. The van der Waals surface area contributed by atoms with Gasteiger partial charge in [-0.3, -0.25) is 9.69 Å². The summed E-state index contributed by atoms with van der Waals surface area (Å²) in [7, 11) is 2.12. The van der Waals surface area contributed by atoms with Crippen molar-refractivity contribution >= 4 is 5.91 Å². The molecule has 0 spiro atoms. The van der Waals surface area contributed by atoms with Gasteiger partial charge >= 0.3 is 6.36 Å². The van der Waals surface area contributed by atoms with E-state index in [1.54, 1.807) is 19.9 Å². The molecule has 1 amide bonds. The minimum Gasteiger partial charge on any atom is -0.406 e. The first kappa shape index (κ1) is 23.6. The molecule has 1 atom stereocenters. The number of benzene rings is 1. The van der Waals surface area contributed by atoms with Crippen LogP contribution in [0.3, 0.4) is 0 Å². The SMILES string of the molecule is Cc1nn(-c2cccc(OC(F)(F)F)c2)c(C)c1C(=O)N1CC[C@@H](N(C)C2CCOCC2)C1. The van der Waals surface area contributed by atoms with Crippen LogP contribution in [-0.4, -0.2) is 77.3 Å². The molecule has 3 heterocycles. The lowest BCUT2D eigenvalue weighted by Gasteiger charge is -2.35. The number of aromatic nitrogens is 2. The van der Waals surface area contributed by atoms with Gasteiger partial charge in [-0.1, -0.05) is 6.07 Å². The average Bonchev–Trinajstić information content (AvgIpc) is 3.37. The Bertz CT molecular complexity index is 1000. The summed E-state index contributed by atoms with van der Waals surface area (Å²) in [5.74, 6) is -0.430. The molecule has 33 heavy (non-hydrogen) atoms. The molecule has 2 fully saturated rings. The molecular weight excluding hydrogens is 437 g/mol. The van der Waals surface area contributed by atoms with Gasteiger partial charge in [-0.05, 0) is 52.3 Å². The Balaban J connectivity index is 1.50. The van der Waals surface area contributed by atoms with Crippen LogP contribution in [0.1, 0.15) is 41.0 Å². The van der Waals surface area contributed by atoms with E-state index in [1.807, 2.05) is 4.90 Å². The van der Waals surface area contributed by atoms with Gasteiger partial charge in [0.25, 0.3) is 5.91 Å². The van der Waals surface area contributed by atoms with Crippen LogP contribution in [0.5, 0.6) is 5.75 Å². The molecule has 2 saturated heterocycles. The highest BCUT2D eigenvalue weighted by Gasteiger charge is 2.35. The lowest BCUT2D eigenvalue weighted by molar-refractivity contribution is -0.274. The van der Waals surface area contributed by atoms with E-state index in [9.17, 15) is 18.0 Å². The van der Waals surface area contributed by atoms with E-state index in [0.717, 1.165) is 32.5 Å². The number of alkyl halides is 3. The maximum Gasteiger partial charge on any atom is 0.573 e. The largest absolute Gasteiger partial charge is 0.573 e. The number of carbonyl (C=O) groups excluding carboxylic acids is 1. The van der Waals surface area contributed by atoms with Crippen molar-refractivity contribution in [2.45, 2.75) is 51.6 Å². The number of nitrogens with zero attached hydrogens (tertiary/aromatic N) is 4. The van der Waals surface area contributed by atoms with Crippen LogP contribution in [0.15, 0.2) is 24.3 Å². The number of likely N-dealkylation sites (tertiary alicyclic amines) is 1. The van der Waals surface area contributed by atoms with Crippen LogP contribution in [0.25, 0.3) is 5.69 Å². The maximum absolute atomic E-state index is 13.4. The van der Waals surface area contributed by atoms with Crippen LogP contribution in [0.2, 0.25) is 0 Å². The smallest absolute Gasteiger partial charge is 0.406 e. The molecule has 7 nitrogen and oxygen atoms in total. The molecule has 0 N–H and O–H groups in total. The van der Waals surface area contributed by atoms with Gasteiger partial charge in [0.1, 0.15) is 5.75 Å². The fourth-order valence-electron chi connectivity index (χ4n) is 4.82. The Morgan fingerprint density at radius 3 is 2.61 bits per heavy atom. The maximum atomic E-state index is 13.4. The second-order valence-electron chi connectivity index (χ2n) is 8.71. The molecule has 1 aromatic carbocycles. The zero-order chi connectivity index (χ0) is 23.8. The van der Waals surface area contributed by atoms with E-state index >= 15 is 0 Å². The van der Waals surface area contributed by atoms with E-state index in [-0.39, 0.29) is 11.7 Å². The van der Waals surface area contributed by atoms with Crippen molar-refractivity contribution in [3.05, 3.63) is 41.2 Å². The van der Waals surface area contributed by atoms with Gasteiger partial charge < -0.3 is 14.4 Å². The van der Waals surface area contributed by atoms with E-state index in [1.165, 1.54) is 22.9 Å². The Morgan fingerprint density at radius 1 is 1.18 bits per heavy atom. The average molecular weight is 467 g/mol. The predicted molar refractivity (Wildman–Crippen MR) is 116 cm³/mol. The number of carbonyl (C=O) groups is 1. The van der Waals surface area contributed by atoms with E-state index < -0.39 is 6.36 Å². The summed E-state index contributed by atoms with van der Waals surface area (Å²) >= 11 is 0. The van der Waals surface area contributed by atoms with Crippen molar-refractivity contribution in [1.29, 1.82) is 0 Å². The second-order valence-corrected chi connectivity index (χ2v) is 8.71. The zero-order valence-corrected chi connectivity index (χ0v) is 19.1. The molecule has 0 unspecified atom stereocenters. The Kier molecular flexibility index (Phi) is 6.67. The van der Waals surface area contributed by atoms with Gasteiger partial charge in [0, 0.05) is 44.5 Å². The lowest BCUT2D eigenvalue weighted by atomic mass is 10.1. The quantitative estimate of drug-likeness (QED) is 0.673. The molecule has 4 rings (SSSR count). The number of hydrogen-bond acceptors (Lipinski definition) is 5. The Hall–Kier alpha value is -2.59. The highest BCUT2D eigenvalue weighted by Crippen LogP contribution is 2.28. The standard InChI is InChI=1S/C23H29F3N4O3/c1-15-21(16(2)30(27-15)18-5-4-6-20(13-18)33-23(24,25)26)22(31)29-10-7-19(14-29)28(3)17-8-11-32-12-9-17/h4-6,13,17,19H,7-12,14H2,1-3H3/t19-/m1/s1. The summed E-state index contributed by atoms with van der Waals surface area (Å²) in [5.41, 5.74) is 2.02. The number of ether oxygens (including phenoxy) is 2. The number of hydrogen-bond donors (Lipinski definition) is 0. The van der Waals surface area contributed by atoms with E-state index in [4.69, 9.17) is 4.74 Å². The van der Waals surface area contributed by atoms with Gasteiger partial charge in [-0.25, -0.2) is 4.68 Å². The van der Waals surface area contributed by atoms with Crippen LogP contribution in [-0.2, 0) is 4.74 Å². The third kappa shape index (κ3) is 5.16. The lowest BCUT2D eigenvalue weighted by Crippen LogP contribution is -2.44. The minimum absolute atomic E-state index is 0.0955. The third-order valence-corrected chi connectivity index (χ3v) is 6.59. The molecule has 2 aliphatic rings. The van der Waals surface area contributed by atoms with Crippen molar-refractivity contribution in [1.82, 2.24) is 19.6 Å². The number of likely N-dealkylation sites (N-methyl/N-ethyl adjacent to an activating group) is 1. The molecule has 180 valence electrons. The normalized spacial score (nSPS) is 20.0. The topological polar surface area (TPSA) is 59.8 Å². The molecule has 2 aliphatic heterocycles. The summed E-state index contributed by atoms with van der Waals surface area (Å²) in [4.78, 5) is 17.6. The number of amides is 1. The number of rotatable bonds is 5. The monoisotopic (exact) mass is 466 g/mol. The fourth-order valence-corrected chi connectivity index (χ4v) is 4.82. The Labute approximate surface area is 191 Å². The highest BCUT2D eigenvalue weighted by molar-refractivity contribution is 5.96. The fraction of sp³-hybridized carbons (Fsp3) is 0.565. The van der Waals surface area contributed by atoms with Crippen molar-refractivity contribution in [2.75, 3.05) is 33.4 Å². The van der Waals surface area contributed by atoms with Gasteiger partial charge in [0.15, 0.2) is 0 Å². The molecule has 2 aromatic rings. The first-order valence-corrected chi connectivity index (χ1v) is 11.2. The molecule has 1 aromatic heterocycles. The molecule has 10 heteroatoms. The summed E-state index contributed by atoms with van der Waals surface area (Å²) < 4.78 is 48.8. The molecule has 0 bridgehead atoms. The third-order valence-electron chi connectivity index (χ3n) is 6.59. The summed E-state index contributed by atoms with van der Waals surface area (Å²) in [5, 5.41) is 4.45. The van der Waals surface area contributed by atoms with Crippen molar-refractivity contribution < 1.29 is 27.4 Å². The minimum atomic E-state index is -4.78. The molecular formula is C23H29F3N4O3. The van der Waals surface area contributed by atoms with Crippen LogP contribution >= 0.6 is 0 Å². The molecule has 0 radical (unpaired) electrons. The Morgan fingerprint density at radius 2 is 1.91 bits per heavy atom. The van der Waals surface area contributed by atoms with Gasteiger partial charge in [-0.15, -0.1) is 13.2 Å². The van der Waals surface area contributed by atoms with Gasteiger partial charge in [0.2, 0.25) is 0 Å². The van der Waals surface area contributed by atoms with Crippen LogP contribution in [0, 0.1) is 13.8 Å². The van der Waals surface area contributed by atoms with Crippen molar-refractivity contribution in [3.8, 4) is 11.4 Å². The first-order valence-electron chi connectivity index (χ1n) is 11.2. The molecule has 0 aliphatic carbocycles. The van der Waals surface area contributed by atoms with Crippen molar-refractivity contribution in [2.24, 2.45) is 0 Å². The van der Waals surface area contributed by atoms with Gasteiger partial charge in [-0.2, -0.15) is 5.10 Å². The first-order chi connectivity index (χ1) is 15.6. The second kappa shape index (κ2) is 9.34. The highest BCUT2D eigenvalue weighted by atomic mass is 19.4. The van der Waals surface area contributed by atoms with Gasteiger partial charge in [0.05, 0.1) is 22.6 Å². The van der Waals surface area contributed by atoms with Crippen molar-refractivity contribution in [3.63, 3.8) is 0 Å². The number of halogens is 3. The van der Waals surface area contributed by atoms with Crippen LogP contribution < -0.4 is 4.74 Å². The van der Waals surface area contributed by atoms with Crippen LogP contribution in [0.4, 0.5) is 13.2 Å².